The molecule has 1 atom stereocenters. The summed E-state index contributed by atoms with van der Waals surface area (Å²) in [6.45, 7) is 7.54. The Morgan fingerprint density at radius 3 is 1.85 bits per heavy atom. The molecule has 0 saturated heterocycles. The van der Waals surface area contributed by atoms with Crippen LogP contribution in [0, 0.1) is 0 Å². The van der Waals surface area contributed by atoms with E-state index in [4.69, 9.17) is 10.2 Å². The van der Waals surface area contributed by atoms with Gasteiger partial charge in [0.2, 0.25) is 0 Å². The lowest BCUT2D eigenvalue weighted by molar-refractivity contribution is -0.137. The highest BCUT2D eigenvalue weighted by atomic mass is 16.4. The fourth-order valence-electron chi connectivity index (χ4n) is 2.20. The molecule has 0 saturated carbocycles. The minimum atomic E-state index is -0.670. The van der Waals surface area contributed by atoms with Gasteiger partial charge in [-0.2, -0.15) is 0 Å². The smallest absolute Gasteiger partial charge is 0.303 e. The van der Waals surface area contributed by atoms with Crippen LogP contribution in [-0.2, 0) is 4.79 Å². The Morgan fingerprint density at radius 1 is 0.963 bits per heavy atom. The molecule has 1 unspecified atom stereocenters. The van der Waals surface area contributed by atoms with Crippen molar-refractivity contribution >= 4 is 12.0 Å². The van der Waals surface area contributed by atoms with Gasteiger partial charge < -0.3 is 10.2 Å². The Bertz CT molecular complexity index is 592. The second kappa shape index (κ2) is 17.0. The van der Waals surface area contributed by atoms with E-state index in [0.29, 0.717) is 6.42 Å². The van der Waals surface area contributed by atoms with Crippen LogP contribution in [0.25, 0.3) is 6.08 Å². The molecule has 0 spiro atoms. The Hall–Kier alpha value is -2.39. The van der Waals surface area contributed by atoms with Crippen molar-refractivity contribution in [3.63, 3.8) is 0 Å². The highest BCUT2D eigenvalue weighted by molar-refractivity contribution is 5.66. The molecule has 2 aromatic carbocycles. The number of aliphatic hydroxyl groups is 1. The topological polar surface area (TPSA) is 57.5 Å². The summed E-state index contributed by atoms with van der Waals surface area (Å²) < 4.78 is 0. The molecule has 0 aliphatic rings. The Morgan fingerprint density at radius 2 is 1.48 bits per heavy atom. The number of benzene rings is 2. The zero-order chi connectivity index (χ0) is 20.3. The summed E-state index contributed by atoms with van der Waals surface area (Å²) in [5.74, 6) is -0.670. The maximum atomic E-state index is 10.0. The molecule has 0 amide bonds. The molecule has 0 bridgehead atoms. The van der Waals surface area contributed by atoms with Gasteiger partial charge in [0.05, 0.1) is 6.10 Å². The number of rotatable bonds is 8. The van der Waals surface area contributed by atoms with Gasteiger partial charge in [0.15, 0.2) is 0 Å². The molecule has 3 heteroatoms. The predicted octanol–water partition coefficient (Wildman–Crippen LogP) is 6.50. The fraction of sp³-hybridized carbons (Fsp3) is 0.375. The lowest BCUT2D eigenvalue weighted by Crippen LogP contribution is -1.93. The molecule has 0 fully saturated rings. The van der Waals surface area contributed by atoms with Gasteiger partial charge in [-0.25, -0.2) is 0 Å². The van der Waals surface area contributed by atoms with Crippen LogP contribution < -0.4 is 0 Å². The molecular formula is C24H34O3. The Kier molecular flexibility index (Phi) is 15.5. The van der Waals surface area contributed by atoms with Gasteiger partial charge in [-0.3, -0.25) is 4.79 Å². The molecule has 0 heterocycles. The molecule has 148 valence electrons. The number of hydrogen-bond donors (Lipinski definition) is 2. The molecule has 2 aromatic rings. The third-order valence-corrected chi connectivity index (χ3v) is 3.81. The summed E-state index contributed by atoms with van der Waals surface area (Å²) in [5, 5.41) is 17.3. The first-order valence-electron chi connectivity index (χ1n) is 9.63. The van der Waals surface area contributed by atoms with Crippen molar-refractivity contribution in [1.82, 2.24) is 0 Å². The van der Waals surface area contributed by atoms with Gasteiger partial charge in [0.25, 0.3) is 0 Å². The SMILES string of the molecule is C=Cc1ccccc1.CC(O)c1ccccc1.CCCCCCCC(=O)O. The van der Waals surface area contributed by atoms with E-state index in [0.717, 1.165) is 18.4 Å². The van der Waals surface area contributed by atoms with Crippen LogP contribution in [0.5, 0.6) is 0 Å². The number of carboxylic acids is 1. The Balaban J connectivity index is 0.000000377. The van der Waals surface area contributed by atoms with Crippen molar-refractivity contribution < 1.29 is 15.0 Å². The maximum Gasteiger partial charge on any atom is 0.303 e. The third-order valence-electron chi connectivity index (χ3n) is 3.81. The molecule has 2 N–H and O–H groups in total. The third kappa shape index (κ3) is 15.6. The lowest BCUT2D eigenvalue weighted by Gasteiger charge is -2.00. The molecule has 0 aliphatic carbocycles. The standard InChI is InChI=1S/C8H16O2.C8H10O.C8H8/c1-2-3-4-5-6-7-8(9)10;1-7(9)8-5-3-2-4-6-8;1-2-8-6-4-3-5-7-8/h2-7H2,1H3,(H,9,10);2-7,9H,1H3;2-7H,1H2. The molecule has 0 radical (unpaired) electrons. The van der Waals surface area contributed by atoms with Crippen molar-refractivity contribution in [1.29, 1.82) is 0 Å². The van der Waals surface area contributed by atoms with Crippen molar-refractivity contribution in [3.05, 3.63) is 78.4 Å². The summed E-state index contributed by atoms with van der Waals surface area (Å²) in [7, 11) is 0. The van der Waals surface area contributed by atoms with E-state index in [2.05, 4.69) is 13.5 Å². The van der Waals surface area contributed by atoms with Crippen LogP contribution >= 0.6 is 0 Å². The molecule has 0 aliphatic heterocycles. The number of aliphatic hydroxyl groups excluding tert-OH is 1. The lowest BCUT2D eigenvalue weighted by atomic mass is 10.1. The highest BCUT2D eigenvalue weighted by Crippen LogP contribution is 2.09. The van der Waals surface area contributed by atoms with Gasteiger partial charge in [0.1, 0.15) is 0 Å². The van der Waals surface area contributed by atoms with Crippen molar-refractivity contribution in [2.45, 2.75) is 58.5 Å². The van der Waals surface area contributed by atoms with E-state index >= 15 is 0 Å². The van der Waals surface area contributed by atoms with Crippen molar-refractivity contribution in [2.24, 2.45) is 0 Å². The first-order valence-corrected chi connectivity index (χ1v) is 9.63. The number of hydrogen-bond acceptors (Lipinski definition) is 2. The quantitative estimate of drug-likeness (QED) is 0.521. The van der Waals surface area contributed by atoms with Crippen LogP contribution in [0.15, 0.2) is 67.2 Å². The minimum Gasteiger partial charge on any atom is -0.481 e. The molecular weight excluding hydrogens is 336 g/mol. The first-order chi connectivity index (χ1) is 13.0. The number of unbranched alkanes of at least 4 members (excludes halogenated alkanes) is 4. The molecule has 3 nitrogen and oxygen atoms in total. The highest BCUT2D eigenvalue weighted by Gasteiger charge is 1.95. The van der Waals surface area contributed by atoms with Gasteiger partial charge in [-0.1, -0.05) is 106 Å². The van der Waals surface area contributed by atoms with Crippen LogP contribution in [0.3, 0.4) is 0 Å². The zero-order valence-electron chi connectivity index (χ0n) is 16.7. The summed E-state index contributed by atoms with van der Waals surface area (Å²) in [6.07, 6.45) is 7.38. The summed E-state index contributed by atoms with van der Waals surface area (Å²) in [5.41, 5.74) is 2.14. The average molecular weight is 371 g/mol. The van der Waals surface area contributed by atoms with Crippen LogP contribution in [0.4, 0.5) is 0 Å². The van der Waals surface area contributed by atoms with Gasteiger partial charge in [-0.15, -0.1) is 0 Å². The average Bonchev–Trinajstić information content (AvgIpc) is 2.70. The van der Waals surface area contributed by atoms with Crippen LogP contribution in [0.2, 0.25) is 0 Å². The van der Waals surface area contributed by atoms with E-state index in [9.17, 15) is 4.79 Å². The fourth-order valence-corrected chi connectivity index (χ4v) is 2.20. The van der Waals surface area contributed by atoms with E-state index in [1.165, 1.54) is 24.8 Å². The summed E-state index contributed by atoms with van der Waals surface area (Å²) in [4.78, 5) is 10.0. The van der Waals surface area contributed by atoms with Crippen LogP contribution in [-0.4, -0.2) is 16.2 Å². The normalized spacial score (nSPS) is 10.5. The first kappa shape index (κ1) is 24.6. The number of carboxylic acid groups (broad SMARTS) is 1. The Labute approximate surface area is 164 Å². The second-order valence-electron chi connectivity index (χ2n) is 6.26. The van der Waals surface area contributed by atoms with Crippen molar-refractivity contribution in [2.75, 3.05) is 0 Å². The number of aliphatic carboxylic acids is 1. The van der Waals surface area contributed by atoms with Crippen molar-refractivity contribution in [3.8, 4) is 0 Å². The van der Waals surface area contributed by atoms with E-state index in [-0.39, 0.29) is 6.10 Å². The molecule has 2 rings (SSSR count). The predicted molar refractivity (Wildman–Crippen MR) is 115 cm³/mol. The largest absolute Gasteiger partial charge is 0.481 e. The van der Waals surface area contributed by atoms with Gasteiger partial charge >= 0.3 is 5.97 Å². The van der Waals surface area contributed by atoms with Gasteiger partial charge in [0, 0.05) is 6.42 Å². The monoisotopic (exact) mass is 370 g/mol. The molecule has 0 aromatic heterocycles. The van der Waals surface area contributed by atoms with E-state index in [1.807, 2.05) is 66.7 Å². The van der Waals surface area contributed by atoms with E-state index < -0.39 is 5.97 Å². The molecule has 27 heavy (non-hydrogen) atoms. The summed E-state index contributed by atoms with van der Waals surface area (Å²) in [6, 6.07) is 19.6. The maximum absolute atomic E-state index is 10.0. The van der Waals surface area contributed by atoms with E-state index in [1.54, 1.807) is 6.92 Å². The minimum absolute atomic E-state index is 0.337. The van der Waals surface area contributed by atoms with Crippen LogP contribution in [0.1, 0.15) is 69.6 Å². The summed E-state index contributed by atoms with van der Waals surface area (Å²) >= 11 is 0. The number of carbonyl (C=O) groups is 1. The second-order valence-corrected chi connectivity index (χ2v) is 6.26. The van der Waals surface area contributed by atoms with Gasteiger partial charge in [-0.05, 0) is 24.5 Å². The zero-order valence-corrected chi connectivity index (χ0v) is 16.7.